The summed E-state index contributed by atoms with van der Waals surface area (Å²) in [5, 5.41) is 4.65. The van der Waals surface area contributed by atoms with Crippen molar-refractivity contribution in [2.45, 2.75) is 0 Å². The molecule has 0 atom stereocenters. The Morgan fingerprint density at radius 2 is 1.91 bits per heavy atom. The van der Waals surface area contributed by atoms with Gasteiger partial charge in [0, 0.05) is 29.9 Å². The number of aromatic nitrogens is 2. The first-order chi connectivity index (χ1) is 10.6. The summed E-state index contributed by atoms with van der Waals surface area (Å²) in [7, 11) is 1.57. The van der Waals surface area contributed by atoms with Gasteiger partial charge in [-0.25, -0.2) is 0 Å². The quantitative estimate of drug-likeness (QED) is 0.759. The van der Waals surface area contributed by atoms with Crippen molar-refractivity contribution in [1.82, 2.24) is 9.97 Å². The average molecular weight is 336 g/mol. The Kier molecular flexibility index (Phi) is 3.92. The van der Waals surface area contributed by atoms with Gasteiger partial charge in [0.1, 0.15) is 5.75 Å². The van der Waals surface area contributed by atoms with Gasteiger partial charge in [-0.3, -0.25) is 9.78 Å². The first kappa shape index (κ1) is 14.7. The number of halogens is 2. The molecule has 7 heteroatoms. The summed E-state index contributed by atoms with van der Waals surface area (Å²) in [5.74, 6) is 0.653. The fraction of sp³-hybridized carbons (Fsp3) is 0.0667. The van der Waals surface area contributed by atoms with Gasteiger partial charge in [0.2, 0.25) is 5.56 Å². The Morgan fingerprint density at radius 1 is 1.18 bits per heavy atom. The Balaban J connectivity index is 2.16. The molecule has 2 aromatic heterocycles. The van der Waals surface area contributed by atoms with E-state index < -0.39 is 0 Å². The van der Waals surface area contributed by atoms with E-state index in [1.54, 1.807) is 13.2 Å². The van der Waals surface area contributed by atoms with Crippen molar-refractivity contribution in [1.29, 1.82) is 0 Å². The van der Waals surface area contributed by atoms with E-state index in [9.17, 15) is 4.79 Å². The number of benzene rings is 1. The van der Waals surface area contributed by atoms with Gasteiger partial charge in [0.25, 0.3) is 0 Å². The number of rotatable bonds is 3. The standard InChI is InChI=1S/C15H11Cl2N3O2/c1-22-8-2-3-9-12(4-8)19-14(21)5-13(9)20-15-10(16)6-18-7-11(15)17/h2-7H,1H3,(H2,18,19,20,21). The summed E-state index contributed by atoms with van der Waals surface area (Å²) < 4.78 is 5.17. The molecular formula is C15H11Cl2N3O2. The third-order valence-corrected chi connectivity index (χ3v) is 3.74. The van der Waals surface area contributed by atoms with Crippen LogP contribution < -0.4 is 15.6 Å². The van der Waals surface area contributed by atoms with Crippen LogP contribution in [0.5, 0.6) is 5.75 Å². The van der Waals surface area contributed by atoms with Gasteiger partial charge in [0.15, 0.2) is 0 Å². The van der Waals surface area contributed by atoms with Crippen LogP contribution in [-0.2, 0) is 0 Å². The maximum absolute atomic E-state index is 11.8. The Labute approximate surface area is 135 Å². The first-order valence-electron chi connectivity index (χ1n) is 6.35. The minimum atomic E-state index is -0.246. The fourth-order valence-corrected chi connectivity index (χ4v) is 2.59. The molecule has 0 radical (unpaired) electrons. The van der Waals surface area contributed by atoms with E-state index >= 15 is 0 Å². The highest BCUT2D eigenvalue weighted by atomic mass is 35.5. The van der Waals surface area contributed by atoms with Crippen molar-refractivity contribution in [2.24, 2.45) is 0 Å². The SMILES string of the molecule is COc1ccc2c(Nc3c(Cl)cncc3Cl)cc(=O)[nH]c2c1. The summed E-state index contributed by atoms with van der Waals surface area (Å²) in [6, 6.07) is 6.84. The van der Waals surface area contributed by atoms with E-state index in [0.717, 1.165) is 5.39 Å². The number of aromatic amines is 1. The summed E-state index contributed by atoms with van der Waals surface area (Å²) in [6.45, 7) is 0. The van der Waals surface area contributed by atoms with Gasteiger partial charge >= 0.3 is 0 Å². The van der Waals surface area contributed by atoms with E-state index in [4.69, 9.17) is 27.9 Å². The molecule has 0 saturated heterocycles. The first-order valence-corrected chi connectivity index (χ1v) is 7.11. The molecular weight excluding hydrogens is 325 g/mol. The van der Waals surface area contributed by atoms with Crippen LogP contribution in [-0.4, -0.2) is 17.1 Å². The number of pyridine rings is 2. The molecule has 0 unspecified atom stereocenters. The molecule has 0 amide bonds. The highest BCUT2D eigenvalue weighted by Crippen LogP contribution is 2.33. The van der Waals surface area contributed by atoms with Crippen LogP contribution in [0.25, 0.3) is 10.9 Å². The second-order valence-corrected chi connectivity index (χ2v) is 5.38. The molecule has 2 heterocycles. The van der Waals surface area contributed by atoms with Gasteiger partial charge in [-0.2, -0.15) is 0 Å². The van der Waals surface area contributed by atoms with E-state index in [0.29, 0.717) is 32.7 Å². The molecule has 0 aliphatic heterocycles. The monoisotopic (exact) mass is 335 g/mol. The number of fused-ring (bicyclic) bond motifs is 1. The number of hydrogen-bond acceptors (Lipinski definition) is 4. The summed E-state index contributed by atoms with van der Waals surface area (Å²) >= 11 is 12.2. The number of ether oxygens (including phenoxy) is 1. The molecule has 0 saturated carbocycles. The van der Waals surface area contributed by atoms with Crippen LogP contribution >= 0.6 is 23.2 Å². The lowest BCUT2D eigenvalue weighted by atomic mass is 10.1. The van der Waals surface area contributed by atoms with E-state index in [1.807, 2.05) is 12.1 Å². The average Bonchev–Trinajstić information content (AvgIpc) is 2.50. The van der Waals surface area contributed by atoms with Crippen molar-refractivity contribution in [3.8, 4) is 5.75 Å². The van der Waals surface area contributed by atoms with E-state index in [1.165, 1.54) is 18.5 Å². The Bertz CT molecular complexity index is 889. The molecule has 2 N–H and O–H groups in total. The number of hydrogen-bond donors (Lipinski definition) is 2. The third-order valence-electron chi connectivity index (χ3n) is 3.16. The second-order valence-electron chi connectivity index (χ2n) is 4.56. The minimum absolute atomic E-state index is 0.246. The van der Waals surface area contributed by atoms with Crippen molar-refractivity contribution in [3.63, 3.8) is 0 Å². The molecule has 112 valence electrons. The number of nitrogens with one attached hydrogen (secondary N) is 2. The fourth-order valence-electron chi connectivity index (χ4n) is 2.14. The number of H-pyrrole nitrogens is 1. The topological polar surface area (TPSA) is 67.0 Å². The maximum Gasteiger partial charge on any atom is 0.250 e. The minimum Gasteiger partial charge on any atom is -0.497 e. The molecule has 0 spiro atoms. The zero-order chi connectivity index (χ0) is 15.7. The van der Waals surface area contributed by atoms with Crippen LogP contribution in [0.3, 0.4) is 0 Å². The molecule has 0 fully saturated rings. The largest absolute Gasteiger partial charge is 0.497 e. The Morgan fingerprint density at radius 3 is 2.59 bits per heavy atom. The van der Waals surface area contributed by atoms with Crippen molar-refractivity contribution < 1.29 is 4.74 Å². The van der Waals surface area contributed by atoms with Gasteiger partial charge in [-0.15, -0.1) is 0 Å². The predicted octanol–water partition coefficient (Wildman–Crippen LogP) is 3.98. The lowest BCUT2D eigenvalue weighted by molar-refractivity contribution is 0.415. The van der Waals surface area contributed by atoms with Crippen LogP contribution in [0, 0.1) is 0 Å². The van der Waals surface area contributed by atoms with E-state index in [-0.39, 0.29) is 5.56 Å². The third kappa shape index (κ3) is 2.73. The van der Waals surface area contributed by atoms with Crippen molar-refractivity contribution in [3.05, 3.63) is 57.1 Å². The van der Waals surface area contributed by atoms with Gasteiger partial charge in [-0.05, 0) is 12.1 Å². The normalized spacial score (nSPS) is 10.7. The lowest BCUT2D eigenvalue weighted by Gasteiger charge is -2.12. The van der Waals surface area contributed by atoms with Crippen molar-refractivity contribution in [2.75, 3.05) is 12.4 Å². The van der Waals surface area contributed by atoms with Gasteiger partial charge in [-0.1, -0.05) is 23.2 Å². The number of methoxy groups -OCH3 is 1. The van der Waals surface area contributed by atoms with Crippen molar-refractivity contribution >= 4 is 45.5 Å². The molecule has 3 rings (SSSR count). The molecule has 3 aromatic rings. The molecule has 22 heavy (non-hydrogen) atoms. The molecule has 0 aliphatic rings. The molecule has 0 aliphatic carbocycles. The molecule has 5 nitrogen and oxygen atoms in total. The van der Waals surface area contributed by atoms with Crippen LogP contribution in [0.2, 0.25) is 10.0 Å². The zero-order valence-electron chi connectivity index (χ0n) is 11.5. The zero-order valence-corrected chi connectivity index (χ0v) is 13.0. The van der Waals surface area contributed by atoms with Gasteiger partial charge < -0.3 is 15.0 Å². The molecule has 1 aromatic carbocycles. The van der Waals surface area contributed by atoms with Gasteiger partial charge in [0.05, 0.1) is 34.0 Å². The number of nitrogens with zero attached hydrogens (tertiary/aromatic N) is 1. The lowest BCUT2D eigenvalue weighted by Crippen LogP contribution is -2.07. The second kappa shape index (κ2) is 5.87. The summed E-state index contributed by atoms with van der Waals surface area (Å²) in [5.41, 5.74) is 1.50. The maximum atomic E-state index is 11.8. The highest BCUT2D eigenvalue weighted by molar-refractivity contribution is 6.39. The molecule has 0 bridgehead atoms. The number of anilines is 2. The Hall–Kier alpha value is -2.24. The summed E-state index contributed by atoms with van der Waals surface area (Å²) in [6.07, 6.45) is 2.96. The van der Waals surface area contributed by atoms with Crippen LogP contribution in [0.15, 0.2) is 41.5 Å². The van der Waals surface area contributed by atoms with Crippen LogP contribution in [0.1, 0.15) is 0 Å². The highest BCUT2D eigenvalue weighted by Gasteiger charge is 2.10. The smallest absolute Gasteiger partial charge is 0.250 e. The summed E-state index contributed by atoms with van der Waals surface area (Å²) in [4.78, 5) is 18.5. The van der Waals surface area contributed by atoms with Crippen LogP contribution in [0.4, 0.5) is 11.4 Å². The predicted molar refractivity (Wildman–Crippen MR) is 88.7 cm³/mol. The van der Waals surface area contributed by atoms with E-state index in [2.05, 4.69) is 15.3 Å².